The van der Waals surface area contributed by atoms with E-state index in [4.69, 9.17) is 4.74 Å². The second-order valence-electron chi connectivity index (χ2n) is 6.36. The molecule has 0 spiro atoms. The first-order valence-electron chi connectivity index (χ1n) is 9.16. The van der Waals surface area contributed by atoms with Crippen LogP contribution in [0.25, 0.3) is 22.4 Å². The van der Waals surface area contributed by atoms with Crippen LogP contribution >= 0.6 is 0 Å². The summed E-state index contributed by atoms with van der Waals surface area (Å²) in [6, 6.07) is 13.9. The van der Waals surface area contributed by atoms with Gasteiger partial charge in [0.15, 0.2) is 11.7 Å². The van der Waals surface area contributed by atoms with Crippen LogP contribution < -0.4 is 4.74 Å². The number of benzene rings is 3. The molecule has 0 saturated carbocycles. The lowest BCUT2D eigenvalue weighted by molar-refractivity contribution is 0.362. The minimum Gasteiger partial charge on any atom is -0.490 e. The molecule has 4 heteroatoms. The number of ether oxygens (including phenoxy) is 1. The molecule has 3 aromatic rings. The number of hydrogen-bond donors (Lipinski definition) is 0. The Morgan fingerprint density at radius 1 is 0.929 bits per heavy atom. The van der Waals surface area contributed by atoms with Gasteiger partial charge < -0.3 is 4.74 Å². The Bertz CT molecular complexity index is 1030. The summed E-state index contributed by atoms with van der Waals surface area (Å²) in [5.41, 5.74) is 0.782. The first-order chi connectivity index (χ1) is 13.5. The van der Waals surface area contributed by atoms with Crippen LogP contribution in [-0.2, 0) is 6.42 Å². The summed E-state index contributed by atoms with van der Waals surface area (Å²) in [6.45, 7) is 4.17. The Labute approximate surface area is 162 Å². The molecule has 0 bridgehead atoms. The molecule has 0 aromatic heterocycles. The van der Waals surface area contributed by atoms with Crippen LogP contribution in [0.2, 0.25) is 0 Å². The third kappa shape index (κ3) is 4.11. The summed E-state index contributed by atoms with van der Waals surface area (Å²) in [5.74, 6) is -1.69. The maximum atomic E-state index is 14.7. The molecule has 1 nitrogen and oxygen atoms in total. The average molecular weight is 382 g/mol. The highest BCUT2D eigenvalue weighted by molar-refractivity contribution is 5.90. The van der Waals surface area contributed by atoms with E-state index in [1.54, 1.807) is 24.3 Å². The Balaban J connectivity index is 1.90. The van der Waals surface area contributed by atoms with Gasteiger partial charge in [0.25, 0.3) is 0 Å². The largest absolute Gasteiger partial charge is 0.490 e. The molecule has 3 rings (SSSR count). The van der Waals surface area contributed by atoms with Crippen molar-refractivity contribution in [3.8, 4) is 5.75 Å². The molecule has 0 heterocycles. The van der Waals surface area contributed by atoms with E-state index in [-0.39, 0.29) is 16.9 Å². The fourth-order valence-corrected chi connectivity index (χ4v) is 2.94. The molecule has 0 unspecified atom stereocenters. The van der Waals surface area contributed by atoms with Crippen molar-refractivity contribution in [2.24, 2.45) is 0 Å². The predicted molar refractivity (Wildman–Crippen MR) is 109 cm³/mol. The molecule has 0 radical (unpaired) electrons. The molecule has 0 atom stereocenters. The summed E-state index contributed by atoms with van der Waals surface area (Å²) < 4.78 is 49.2. The molecule has 144 valence electrons. The van der Waals surface area contributed by atoms with E-state index < -0.39 is 11.7 Å². The van der Waals surface area contributed by atoms with Gasteiger partial charge in [0, 0.05) is 16.5 Å². The van der Waals surface area contributed by atoms with Crippen molar-refractivity contribution >= 4 is 22.4 Å². The van der Waals surface area contributed by atoms with E-state index >= 15 is 0 Å². The van der Waals surface area contributed by atoms with Crippen LogP contribution in [0.4, 0.5) is 13.2 Å². The van der Waals surface area contributed by atoms with Crippen molar-refractivity contribution in [2.45, 2.75) is 20.3 Å². The number of aryl methyl sites for hydroxylation is 1. The van der Waals surface area contributed by atoms with E-state index in [0.29, 0.717) is 35.1 Å². The molecule has 28 heavy (non-hydrogen) atoms. The Kier molecular flexibility index (Phi) is 6.19. The molecular weight excluding hydrogens is 361 g/mol. The predicted octanol–water partition coefficient (Wildman–Crippen LogP) is 7.26. The van der Waals surface area contributed by atoms with Gasteiger partial charge >= 0.3 is 0 Å². The first kappa shape index (κ1) is 19.7. The molecular formula is C24H21F3O. The van der Waals surface area contributed by atoms with Gasteiger partial charge in [-0.3, -0.25) is 0 Å². The van der Waals surface area contributed by atoms with E-state index in [1.807, 2.05) is 26.0 Å². The zero-order valence-electron chi connectivity index (χ0n) is 15.8. The molecule has 0 aliphatic carbocycles. The summed E-state index contributed by atoms with van der Waals surface area (Å²) in [4.78, 5) is 0. The smallest absolute Gasteiger partial charge is 0.166 e. The van der Waals surface area contributed by atoms with Crippen molar-refractivity contribution in [1.29, 1.82) is 0 Å². The van der Waals surface area contributed by atoms with Crippen LogP contribution in [0.3, 0.4) is 0 Å². The lowest BCUT2D eigenvalue weighted by Crippen LogP contribution is -1.93. The number of fused-ring (bicyclic) bond motifs is 1. The fraction of sp³-hybridized carbons (Fsp3) is 0.167. The SMILES string of the molecule is CC=CCOc1ccc(C(F)=C(F)c2ccc3c(F)c(CC)ccc3c2)cc1. The van der Waals surface area contributed by atoms with Crippen LogP contribution in [0.15, 0.2) is 66.7 Å². The Hall–Kier alpha value is -3.01. The van der Waals surface area contributed by atoms with Crippen molar-refractivity contribution in [2.75, 3.05) is 6.61 Å². The monoisotopic (exact) mass is 382 g/mol. The lowest BCUT2D eigenvalue weighted by Gasteiger charge is -2.08. The molecule has 0 saturated heterocycles. The number of allylic oxidation sites excluding steroid dienone is 1. The van der Waals surface area contributed by atoms with Gasteiger partial charge in [0.2, 0.25) is 0 Å². The highest BCUT2D eigenvalue weighted by Gasteiger charge is 2.14. The highest BCUT2D eigenvalue weighted by Crippen LogP contribution is 2.32. The van der Waals surface area contributed by atoms with E-state index in [2.05, 4.69) is 0 Å². The van der Waals surface area contributed by atoms with Gasteiger partial charge in [0.05, 0.1) is 0 Å². The van der Waals surface area contributed by atoms with Gasteiger partial charge in [-0.15, -0.1) is 0 Å². The number of halogens is 3. The molecule has 0 amide bonds. The second-order valence-corrected chi connectivity index (χ2v) is 6.36. The molecule has 0 aliphatic rings. The number of rotatable bonds is 6. The van der Waals surface area contributed by atoms with Crippen LogP contribution in [0.5, 0.6) is 5.75 Å². The number of hydrogen-bond acceptors (Lipinski definition) is 1. The fourth-order valence-electron chi connectivity index (χ4n) is 2.94. The zero-order chi connectivity index (χ0) is 20.1. The van der Waals surface area contributed by atoms with Crippen LogP contribution in [0.1, 0.15) is 30.5 Å². The van der Waals surface area contributed by atoms with Crippen molar-refractivity contribution in [3.05, 3.63) is 89.3 Å². The minimum atomic E-state index is -0.982. The Morgan fingerprint density at radius 3 is 2.29 bits per heavy atom. The van der Waals surface area contributed by atoms with Crippen LogP contribution in [-0.4, -0.2) is 6.61 Å². The van der Waals surface area contributed by atoms with Gasteiger partial charge in [-0.2, -0.15) is 0 Å². The highest BCUT2D eigenvalue weighted by atomic mass is 19.2. The topological polar surface area (TPSA) is 9.23 Å². The minimum absolute atomic E-state index is 0.0713. The van der Waals surface area contributed by atoms with Crippen LogP contribution in [0, 0.1) is 5.82 Å². The maximum absolute atomic E-state index is 14.7. The van der Waals surface area contributed by atoms with E-state index in [0.717, 1.165) is 0 Å². The van der Waals surface area contributed by atoms with Gasteiger partial charge in [-0.05, 0) is 54.6 Å². The zero-order valence-corrected chi connectivity index (χ0v) is 15.8. The first-order valence-corrected chi connectivity index (χ1v) is 9.16. The second kappa shape index (κ2) is 8.79. The van der Waals surface area contributed by atoms with Gasteiger partial charge in [0.1, 0.15) is 18.2 Å². The Morgan fingerprint density at radius 2 is 1.61 bits per heavy atom. The van der Waals surface area contributed by atoms with Crippen molar-refractivity contribution in [1.82, 2.24) is 0 Å². The quantitative estimate of drug-likeness (QED) is 0.322. The molecule has 0 aliphatic heterocycles. The summed E-state index contributed by atoms with van der Waals surface area (Å²) in [6.07, 6.45) is 4.28. The maximum Gasteiger partial charge on any atom is 0.166 e. The van der Waals surface area contributed by atoms with E-state index in [1.165, 1.54) is 30.3 Å². The van der Waals surface area contributed by atoms with Crippen molar-refractivity contribution in [3.63, 3.8) is 0 Å². The summed E-state index contributed by atoms with van der Waals surface area (Å²) in [5, 5.41) is 0.932. The molecule has 0 fully saturated rings. The van der Waals surface area contributed by atoms with Gasteiger partial charge in [-0.1, -0.05) is 43.3 Å². The normalized spacial score (nSPS) is 12.5. The third-order valence-corrected chi connectivity index (χ3v) is 4.55. The van der Waals surface area contributed by atoms with Crippen molar-refractivity contribution < 1.29 is 17.9 Å². The third-order valence-electron chi connectivity index (χ3n) is 4.55. The lowest BCUT2D eigenvalue weighted by atomic mass is 10.0. The van der Waals surface area contributed by atoms with Gasteiger partial charge in [-0.25, -0.2) is 13.2 Å². The standard InChI is InChI=1S/C24H21F3O/c1-3-5-14-28-20-11-8-17(9-12-20)23(26)24(27)19-10-13-21-18(15-19)7-6-16(4-2)22(21)25/h3,5-13,15H,4,14H2,1-2H3. The molecule has 0 N–H and O–H groups in total. The summed E-state index contributed by atoms with van der Waals surface area (Å²) >= 11 is 0. The molecule has 3 aromatic carbocycles. The average Bonchev–Trinajstić information content (AvgIpc) is 2.73. The summed E-state index contributed by atoms with van der Waals surface area (Å²) in [7, 11) is 0. The van der Waals surface area contributed by atoms with E-state index in [9.17, 15) is 13.2 Å².